The maximum absolute atomic E-state index is 12.7. The van der Waals surface area contributed by atoms with Gasteiger partial charge < -0.3 is 15.0 Å². The number of anilines is 2. The summed E-state index contributed by atoms with van der Waals surface area (Å²) in [5.74, 6) is 0.792. The molecule has 0 aromatic heterocycles. The lowest BCUT2D eigenvalue weighted by Crippen LogP contribution is -2.30. The molecule has 0 atom stereocenters. The van der Waals surface area contributed by atoms with Crippen molar-refractivity contribution in [2.75, 3.05) is 25.5 Å². The molecule has 0 unspecified atom stereocenters. The number of hydrogen-bond donors (Lipinski definition) is 1. The van der Waals surface area contributed by atoms with E-state index < -0.39 is 0 Å². The zero-order valence-corrected chi connectivity index (χ0v) is 14.2. The summed E-state index contributed by atoms with van der Waals surface area (Å²) < 4.78 is 5.43. The van der Waals surface area contributed by atoms with Gasteiger partial charge in [-0.05, 0) is 44.5 Å². The number of methoxy groups -OCH3 is 1. The Morgan fingerprint density at radius 3 is 2.43 bits per heavy atom. The van der Waals surface area contributed by atoms with E-state index in [0.717, 1.165) is 22.7 Å². The Balaban J connectivity index is 2.41. The van der Waals surface area contributed by atoms with Crippen molar-refractivity contribution in [1.82, 2.24) is 4.90 Å². The summed E-state index contributed by atoms with van der Waals surface area (Å²) in [5, 5.41) is 3.37. The predicted molar refractivity (Wildman–Crippen MR) is 94.7 cm³/mol. The van der Waals surface area contributed by atoms with Crippen LogP contribution >= 0.6 is 0 Å². The lowest BCUT2D eigenvalue weighted by molar-refractivity contribution is 0.0774. The molecule has 0 aliphatic heterocycles. The van der Waals surface area contributed by atoms with Crippen LogP contribution in [-0.2, 0) is 0 Å². The minimum absolute atomic E-state index is 0.0330. The molecule has 122 valence electrons. The Morgan fingerprint density at radius 1 is 1.09 bits per heavy atom. The fourth-order valence-corrected chi connectivity index (χ4v) is 2.57. The topological polar surface area (TPSA) is 41.6 Å². The first-order valence-corrected chi connectivity index (χ1v) is 7.91. The van der Waals surface area contributed by atoms with E-state index in [2.05, 4.69) is 5.32 Å². The predicted octanol–water partition coefficient (Wildman–Crippen LogP) is 4.23. The summed E-state index contributed by atoms with van der Waals surface area (Å²) >= 11 is 0. The van der Waals surface area contributed by atoms with Crippen molar-refractivity contribution in [1.29, 1.82) is 0 Å². The van der Waals surface area contributed by atoms with Crippen LogP contribution in [0, 0.1) is 6.92 Å². The molecule has 0 saturated carbocycles. The molecule has 2 aromatic rings. The molecule has 0 aliphatic rings. The number of carbonyl (C=O) groups excluding carboxylic acids is 1. The number of amides is 1. The molecule has 1 amide bonds. The van der Waals surface area contributed by atoms with Crippen molar-refractivity contribution in [3.8, 4) is 5.75 Å². The van der Waals surface area contributed by atoms with Crippen LogP contribution in [0.1, 0.15) is 29.8 Å². The highest BCUT2D eigenvalue weighted by molar-refractivity contribution is 6.00. The molecule has 23 heavy (non-hydrogen) atoms. The molecule has 2 rings (SSSR count). The van der Waals surface area contributed by atoms with Crippen LogP contribution in [0.3, 0.4) is 0 Å². The number of ether oxygens (including phenoxy) is 1. The summed E-state index contributed by atoms with van der Waals surface area (Å²) in [7, 11) is 1.65. The molecule has 2 aromatic carbocycles. The number of para-hydroxylation sites is 2. The highest BCUT2D eigenvalue weighted by atomic mass is 16.5. The average molecular weight is 312 g/mol. The van der Waals surface area contributed by atoms with Gasteiger partial charge in [-0.1, -0.05) is 24.3 Å². The number of benzene rings is 2. The highest BCUT2D eigenvalue weighted by Crippen LogP contribution is 2.32. The molecule has 4 nitrogen and oxygen atoms in total. The third-order valence-corrected chi connectivity index (χ3v) is 3.92. The van der Waals surface area contributed by atoms with E-state index >= 15 is 0 Å². The Labute approximate surface area is 138 Å². The smallest absolute Gasteiger partial charge is 0.255 e. The van der Waals surface area contributed by atoms with Gasteiger partial charge in [0.15, 0.2) is 0 Å². The van der Waals surface area contributed by atoms with E-state index in [-0.39, 0.29) is 5.91 Å². The first-order valence-electron chi connectivity index (χ1n) is 7.91. The highest BCUT2D eigenvalue weighted by Gasteiger charge is 2.17. The zero-order valence-electron chi connectivity index (χ0n) is 14.2. The SMILES string of the molecule is CCN(CC)C(=O)c1ccccc1Nc1c(C)cccc1OC. The second-order valence-electron chi connectivity index (χ2n) is 5.30. The van der Waals surface area contributed by atoms with Crippen molar-refractivity contribution < 1.29 is 9.53 Å². The average Bonchev–Trinajstić information content (AvgIpc) is 2.58. The Morgan fingerprint density at radius 2 is 1.78 bits per heavy atom. The standard InChI is InChI=1S/C19H24N2O2/c1-5-21(6-2)19(22)15-11-7-8-12-16(15)20-18-14(3)10-9-13-17(18)23-4/h7-13,20H,5-6H2,1-4H3. The minimum atomic E-state index is 0.0330. The quantitative estimate of drug-likeness (QED) is 0.868. The van der Waals surface area contributed by atoms with Gasteiger partial charge in [0.25, 0.3) is 5.91 Å². The number of nitrogens with zero attached hydrogens (tertiary/aromatic N) is 1. The van der Waals surface area contributed by atoms with Gasteiger partial charge in [0.2, 0.25) is 0 Å². The maximum atomic E-state index is 12.7. The largest absolute Gasteiger partial charge is 0.495 e. The van der Waals surface area contributed by atoms with Crippen molar-refractivity contribution in [2.24, 2.45) is 0 Å². The molecule has 0 spiro atoms. The summed E-state index contributed by atoms with van der Waals surface area (Å²) in [6.07, 6.45) is 0. The van der Waals surface area contributed by atoms with Crippen molar-refractivity contribution in [3.63, 3.8) is 0 Å². The molecule has 0 aliphatic carbocycles. The molecule has 0 radical (unpaired) electrons. The van der Waals surface area contributed by atoms with Gasteiger partial charge >= 0.3 is 0 Å². The normalized spacial score (nSPS) is 10.3. The van der Waals surface area contributed by atoms with E-state index in [1.807, 2.05) is 68.1 Å². The lowest BCUT2D eigenvalue weighted by Gasteiger charge is -2.21. The van der Waals surface area contributed by atoms with E-state index in [0.29, 0.717) is 18.7 Å². The van der Waals surface area contributed by atoms with Gasteiger partial charge in [-0.25, -0.2) is 0 Å². The molecule has 0 saturated heterocycles. The van der Waals surface area contributed by atoms with Gasteiger partial charge in [-0.3, -0.25) is 4.79 Å². The van der Waals surface area contributed by atoms with Crippen LogP contribution in [0.4, 0.5) is 11.4 Å². The second kappa shape index (κ2) is 7.68. The fourth-order valence-electron chi connectivity index (χ4n) is 2.57. The van der Waals surface area contributed by atoms with Crippen LogP contribution in [0.2, 0.25) is 0 Å². The van der Waals surface area contributed by atoms with E-state index in [9.17, 15) is 4.79 Å². The Hall–Kier alpha value is -2.49. The van der Waals surface area contributed by atoms with Crippen LogP contribution in [0.15, 0.2) is 42.5 Å². The van der Waals surface area contributed by atoms with Crippen LogP contribution in [0.25, 0.3) is 0 Å². The number of carbonyl (C=O) groups is 1. The monoisotopic (exact) mass is 312 g/mol. The van der Waals surface area contributed by atoms with Gasteiger partial charge in [0, 0.05) is 13.1 Å². The summed E-state index contributed by atoms with van der Waals surface area (Å²) in [6.45, 7) is 7.37. The second-order valence-corrected chi connectivity index (χ2v) is 5.30. The third kappa shape index (κ3) is 3.65. The van der Waals surface area contributed by atoms with E-state index in [1.54, 1.807) is 7.11 Å². The first-order chi connectivity index (χ1) is 11.1. The number of rotatable bonds is 6. The van der Waals surface area contributed by atoms with Crippen molar-refractivity contribution in [3.05, 3.63) is 53.6 Å². The van der Waals surface area contributed by atoms with Gasteiger partial charge in [0.05, 0.1) is 24.0 Å². The Kier molecular flexibility index (Phi) is 5.63. The molecule has 0 heterocycles. The molecule has 1 N–H and O–H groups in total. The zero-order chi connectivity index (χ0) is 16.8. The number of aryl methyl sites for hydroxylation is 1. The number of hydrogen-bond acceptors (Lipinski definition) is 3. The van der Waals surface area contributed by atoms with Gasteiger partial charge in [-0.2, -0.15) is 0 Å². The molecule has 0 fully saturated rings. The fraction of sp³-hybridized carbons (Fsp3) is 0.316. The first kappa shape index (κ1) is 16.9. The lowest BCUT2D eigenvalue weighted by atomic mass is 10.1. The maximum Gasteiger partial charge on any atom is 0.255 e. The van der Waals surface area contributed by atoms with Gasteiger partial charge in [-0.15, -0.1) is 0 Å². The number of nitrogens with one attached hydrogen (secondary N) is 1. The van der Waals surface area contributed by atoms with Crippen LogP contribution in [-0.4, -0.2) is 31.0 Å². The molecule has 0 bridgehead atoms. The molecular weight excluding hydrogens is 288 g/mol. The molecule has 4 heteroatoms. The third-order valence-electron chi connectivity index (χ3n) is 3.92. The van der Waals surface area contributed by atoms with Gasteiger partial charge in [0.1, 0.15) is 5.75 Å². The summed E-state index contributed by atoms with van der Waals surface area (Å²) in [5.41, 5.74) is 3.41. The summed E-state index contributed by atoms with van der Waals surface area (Å²) in [6, 6.07) is 13.5. The van der Waals surface area contributed by atoms with E-state index in [4.69, 9.17) is 4.74 Å². The van der Waals surface area contributed by atoms with Crippen molar-refractivity contribution in [2.45, 2.75) is 20.8 Å². The van der Waals surface area contributed by atoms with Crippen LogP contribution < -0.4 is 10.1 Å². The molecular formula is C19H24N2O2. The summed E-state index contributed by atoms with van der Waals surface area (Å²) in [4.78, 5) is 14.5. The van der Waals surface area contributed by atoms with Crippen LogP contribution in [0.5, 0.6) is 5.75 Å². The van der Waals surface area contributed by atoms with E-state index in [1.165, 1.54) is 0 Å². The van der Waals surface area contributed by atoms with Crippen molar-refractivity contribution >= 4 is 17.3 Å². The Bertz CT molecular complexity index is 679. The minimum Gasteiger partial charge on any atom is -0.495 e.